The van der Waals surface area contributed by atoms with Gasteiger partial charge in [-0.1, -0.05) is 19.3 Å². The molecule has 0 aliphatic carbocycles. The molecule has 5 nitrogen and oxygen atoms in total. The van der Waals surface area contributed by atoms with Gasteiger partial charge in [-0.2, -0.15) is 0 Å². The molecule has 18 heavy (non-hydrogen) atoms. The van der Waals surface area contributed by atoms with Crippen LogP contribution >= 0.6 is 0 Å². The van der Waals surface area contributed by atoms with Gasteiger partial charge in [-0.3, -0.25) is 0 Å². The van der Waals surface area contributed by atoms with Crippen molar-refractivity contribution < 1.29 is 24.9 Å². The molecule has 1 heterocycles. The standard InChI is InChI=1S/C13H22O5/c1-8(14)6-4-3-5-7-10(15)11-9(2)12(16)18-13(11)17/h8,10,12,14-16H,3-7H2,1-2H3/t8-,10+,12+/m1/s1. The number of rotatable bonds is 7. The molecule has 0 radical (unpaired) electrons. The van der Waals surface area contributed by atoms with Gasteiger partial charge in [0.25, 0.3) is 0 Å². The topological polar surface area (TPSA) is 87.0 Å². The van der Waals surface area contributed by atoms with E-state index in [0.717, 1.165) is 25.7 Å². The highest BCUT2D eigenvalue weighted by Gasteiger charge is 2.33. The minimum Gasteiger partial charge on any atom is -0.428 e. The molecule has 5 heteroatoms. The summed E-state index contributed by atoms with van der Waals surface area (Å²) in [5.74, 6) is -0.628. The van der Waals surface area contributed by atoms with Crippen LogP contribution in [0.4, 0.5) is 0 Å². The molecule has 3 N–H and O–H groups in total. The average Bonchev–Trinajstić information content (AvgIpc) is 2.52. The molecule has 0 aromatic rings. The molecule has 3 atom stereocenters. The summed E-state index contributed by atoms with van der Waals surface area (Å²) in [5.41, 5.74) is 0.592. The summed E-state index contributed by atoms with van der Waals surface area (Å²) in [5, 5.41) is 28.3. The first-order valence-electron chi connectivity index (χ1n) is 6.39. The smallest absolute Gasteiger partial charge is 0.339 e. The lowest BCUT2D eigenvalue weighted by Gasteiger charge is -2.10. The summed E-state index contributed by atoms with van der Waals surface area (Å²) in [6.07, 6.45) is 1.40. The van der Waals surface area contributed by atoms with Crippen LogP contribution in [0, 0.1) is 0 Å². The van der Waals surface area contributed by atoms with Crippen LogP contribution in [0.25, 0.3) is 0 Å². The van der Waals surface area contributed by atoms with Crippen molar-refractivity contribution in [1.29, 1.82) is 0 Å². The Morgan fingerprint density at radius 2 is 1.83 bits per heavy atom. The first kappa shape index (κ1) is 15.1. The zero-order valence-corrected chi connectivity index (χ0v) is 10.9. The molecule has 1 aliphatic heterocycles. The van der Waals surface area contributed by atoms with Crippen molar-refractivity contribution in [3.8, 4) is 0 Å². The summed E-state index contributed by atoms with van der Waals surface area (Å²) >= 11 is 0. The van der Waals surface area contributed by atoms with E-state index in [1.165, 1.54) is 0 Å². The fourth-order valence-electron chi connectivity index (χ4n) is 2.04. The van der Waals surface area contributed by atoms with Gasteiger partial charge in [0.1, 0.15) is 0 Å². The van der Waals surface area contributed by atoms with Gasteiger partial charge in [-0.25, -0.2) is 4.79 Å². The summed E-state index contributed by atoms with van der Waals surface area (Å²) < 4.78 is 4.62. The zero-order valence-electron chi connectivity index (χ0n) is 10.9. The molecule has 0 saturated carbocycles. The third-order valence-corrected chi connectivity index (χ3v) is 3.17. The van der Waals surface area contributed by atoms with Gasteiger partial charge in [0.15, 0.2) is 0 Å². The van der Waals surface area contributed by atoms with Gasteiger partial charge in [0, 0.05) is 5.57 Å². The number of carbonyl (C=O) groups is 1. The van der Waals surface area contributed by atoms with Crippen LogP contribution in [0.15, 0.2) is 11.1 Å². The second kappa shape index (κ2) is 6.87. The number of cyclic esters (lactones) is 1. The van der Waals surface area contributed by atoms with Crippen LogP contribution < -0.4 is 0 Å². The first-order chi connectivity index (χ1) is 8.43. The Morgan fingerprint density at radius 3 is 2.33 bits per heavy atom. The number of hydrogen-bond donors (Lipinski definition) is 3. The average molecular weight is 258 g/mol. The van der Waals surface area contributed by atoms with Crippen molar-refractivity contribution in [3.63, 3.8) is 0 Å². The zero-order chi connectivity index (χ0) is 13.7. The van der Waals surface area contributed by atoms with Crippen molar-refractivity contribution >= 4 is 5.97 Å². The molecule has 0 aromatic carbocycles. The lowest BCUT2D eigenvalue weighted by atomic mass is 9.99. The number of carbonyl (C=O) groups excluding carboxylic acids is 1. The molecule has 0 fully saturated rings. The van der Waals surface area contributed by atoms with Crippen molar-refractivity contribution in [3.05, 3.63) is 11.1 Å². The van der Waals surface area contributed by atoms with E-state index >= 15 is 0 Å². The van der Waals surface area contributed by atoms with Crippen LogP contribution in [-0.4, -0.2) is 39.8 Å². The molecule has 1 rings (SSSR count). The monoisotopic (exact) mass is 258 g/mol. The van der Waals surface area contributed by atoms with E-state index in [-0.39, 0.29) is 11.7 Å². The van der Waals surface area contributed by atoms with E-state index in [1.54, 1.807) is 13.8 Å². The molecule has 0 unspecified atom stereocenters. The van der Waals surface area contributed by atoms with Crippen molar-refractivity contribution in [1.82, 2.24) is 0 Å². The number of ether oxygens (including phenoxy) is 1. The molecule has 104 valence electrons. The highest BCUT2D eigenvalue weighted by atomic mass is 16.6. The Bertz CT molecular complexity index is 321. The van der Waals surface area contributed by atoms with Gasteiger partial charge in [0.2, 0.25) is 6.29 Å². The Balaban J connectivity index is 2.33. The van der Waals surface area contributed by atoms with Crippen LogP contribution in [0.1, 0.15) is 46.0 Å². The molecule has 0 bridgehead atoms. The second-order valence-electron chi connectivity index (χ2n) is 4.86. The fraction of sp³-hybridized carbons (Fsp3) is 0.769. The third kappa shape index (κ3) is 4.08. The second-order valence-corrected chi connectivity index (χ2v) is 4.86. The molecular formula is C13H22O5. The maximum atomic E-state index is 11.4. The minimum atomic E-state index is -1.21. The number of aliphatic hydroxyl groups is 3. The minimum absolute atomic E-state index is 0.193. The number of esters is 1. The van der Waals surface area contributed by atoms with E-state index in [9.17, 15) is 15.0 Å². The Labute approximate surface area is 107 Å². The van der Waals surface area contributed by atoms with Crippen LogP contribution in [0.5, 0.6) is 0 Å². The maximum absolute atomic E-state index is 11.4. The van der Waals surface area contributed by atoms with Crippen LogP contribution in [-0.2, 0) is 9.53 Å². The third-order valence-electron chi connectivity index (χ3n) is 3.17. The summed E-state index contributed by atoms with van der Waals surface area (Å²) in [6, 6.07) is 0. The van der Waals surface area contributed by atoms with Gasteiger partial charge in [0.05, 0.1) is 17.8 Å². The van der Waals surface area contributed by atoms with Crippen molar-refractivity contribution in [2.75, 3.05) is 0 Å². The molecule has 0 amide bonds. The largest absolute Gasteiger partial charge is 0.428 e. The highest BCUT2D eigenvalue weighted by molar-refractivity contribution is 5.92. The van der Waals surface area contributed by atoms with Crippen molar-refractivity contribution in [2.45, 2.75) is 64.4 Å². The maximum Gasteiger partial charge on any atom is 0.339 e. The van der Waals surface area contributed by atoms with Gasteiger partial charge < -0.3 is 20.1 Å². The predicted octanol–water partition coefficient (Wildman–Crippen LogP) is 0.870. The summed E-state index contributed by atoms with van der Waals surface area (Å²) in [7, 11) is 0. The van der Waals surface area contributed by atoms with Crippen molar-refractivity contribution in [2.24, 2.45) is 0 Å². The Morgan fingerprint density at radius 1 is 1.22 bits per heavy atom. The molecule has 0 spiro atoms. The van der Waals surface area contributed by atoms with Gasteiger partial charge >= 0.3 is 5.97 Å². The fourth-order valence-corrected chi connectivity index (χ4v) is 2.04. The SMILES string of the molecule is CC1=C([C@@H](O)CCCCC[C@@H](C)O)C(=O)O[C@@H]1O. The predicted molar refractivity (Wildman–Crippen MR) is 65.6 cm³/mol. The molecule has 1 aliphatic rings. The molecular weight excluding hydrogens is 236 g/mol. The quantitative estimate of drug-likeness (QED) is 0.466. The number of unbranched alkanes of at least 4 members (excludes halogenated alkanes) is 2. The Hall–Kier alpha value is -0.910. The molecule has 0 aromatic heterocycles. The lowest BCUT2D eigenvalue weighted by Crippen LogP contribution is -2.16. The van der Waals surface area contributed by atoms with Crippen LogP contribution in [0.2, 0.25) is 0 Å². The first-order valence-corrected chi connectivity index (χ1v) is 6.39. The normalized spacial score (nSPS) is 23.2. The van der Waals surface area contributed by atoms with E-state index in [0.29, 0.717) is 12.0 Å². The Kier molecular flexibility index (Phi) is 5.78. The molecule has 0 saturated heterocycles. The summed E-state index contributed by atoms with van der Waals surface area (Å²) in [4.78, 5) is 11.4. The van der Waals surface area contributed by atoms with E-state index in [4.69, 9.17) is 5.11 Å². The van der Waals surface area contributed by atoms with Gasteiger partial charge in [-0.05, 0) is 26.7 Å². The van der Waals surface area contributed by atoms with E-state index in [2.05, 4.69) is 4.74 Å². The summed E-state index contributed by atoms with van der Waals surface area (Å²) in [6.45, 7) is 3.33. The van der Waals surface area contributed by atoms with E-state index in [1.807, 2.05) is 0 Å². The highest BCUT2D eigenvalue weighted by Crippen LogP contribution is 2.25. The van der Waals surface area contributed by atoms with Crippen LogP contribution in [0.3, 0.4) is 0 Å². The van der Waals surface area contributed by atoms with Gasteiger partial charge in [-0.15, -0.1) is 0 Å². The lowest BCUT2D eigenvalue weighted by molar-refractivity contribution is -0.152. The van der Waals surface area contributed by atoms with E-state index < -0.39 is 18.4 Å². The number of aliphatic hydroxyl groups excluding tert-OH is 3. The number of hydrogen-bond acceptors (Lipinski definition) is 5.